The first-order valence-corrected chi connectivity index (χ1v) is 8.45. The molecule has 1 aliphatic rings. The molecule has 4 heteroatoms. The number of rotatable bonds is 4. The molecule has 1 unspecified atom stereocenters. The van der Waals surface area contributed by atoms with Gasteiger partial charge in [-0.1, -0.05) is 31.5 Å². The van der Waals surface area contributed by atoms with Crippen molar-refractivity contribution in [3.8, 4) is 0 Å². The van der Waals surface area contributed by atoms with Gasteiger partial charge in [0.1, 0.15) is 5.82 Å². The van der Waals surface area contributed by atoms with Crippen molar-refractivity contribution in [1.82, 2.24) is 14.9 Å². The minimum absolute atomic E-state index is 0.149. The second-order valence-corrected chi connectivity index (χ2v) is 6.52. The van der Waals surface area contributed by atoms with Crippen LogP contribution in [0.5, 0.6) is 0 Å². The Morgan fingerprint density at radius 1 is 1.38 bits per heavy atom. The molecule has 0 saturated carbocycles. The van der Waals surface area contributed by atoms with Gasteiger partial charge in [0.15, 0.2) is 0 Å². The second kappa shape index (κ2) is 5.98. The van der Waals surface area contributed by atoms with Gasteiger partial charge >= 0.3 is 0 Å². The number of hydrogen-bond donors (Lipinski definition) is 1. The molecular weight excluding hydrogens is 282 g/mol. The van der Waals surface area contributed by atoms with Crippen LogP contribution < -0.4 is 5.32 Å². The summed E-state index contributed by atoms with van der Waals surface area (Å²) in [5, 5.41) is 4.38. The summed E-state index contributed by atoms with van der Waals surface area (Å²) in [6.07, 6.45) is 4.64. The number of para-hydroxylation sites is 1. The fourth-order valence-electron chi connectivity index (χ4n) is 3.61. The highest BCUT2D eigenvalue weighted by atomic mass is 35.5. The van der Waals surface area contributed by atoms with Crippen LogP contribution in [0.1, 0.15) is 45.4 Å². The highest BCUT2D eigenvalue weighted by Gasteiger charge is 2.37. The molecule has 0 spiro atoms. The molecule has 1 aromatic carbocycles. The number of nitrogens with zero attached hydrogens (tertiary/aromatic N) is 2. The predicted octanol–water partition coefficient (Wildman–Crippen LogP) is 4.13. The van der Waals surface area contributed by atoms with Gasteiger partial charge in [-0.2, -0.15) is 0 Å². The normalized spacial score (nSPS) is 22.8. The molecule has 0 aliphatic carbocycles. The summed E-state index contributed by atoms with van der Waals surface area (Å²) in [5.74, 6) is 1.22. The van der Waals surface area contributed by atoms with Gasteiger partial charge in [-0.05, 0) is 44.4 Å². The standard InChI is InChI=1S/C17H24ClN3/c1-3-11-21-15-13(18)7-5-8-14(15)20-16(21)17(4-2)9-6-10-19-12-17/h5,7-8,19H,3-4,6,9-12H2,1-2H3. The number of aryl methyl sites for hydroxylation is 1. The maximum absolute atomic E-state index is 6.46. The number of fused-ring (bicyclic) bond motifs is 1. The summed E-state index contributed by atoms with van der Waals surface area (Å²) in [6, 6.07) is 6.05. The van der Waals surface area contributed by atoms with Crippen LogP contribution in [0.4, 0.5) is 0 Å². The Kier molecular flexibility index (Phi) is 4.23. The number of imidazole rings is 1. The van der Waals surface area contributed by atoms with Crippen LogP contribution in [0.15, 0.2) is 18.2 Å². The molecule has 3 rings (SSSR count). The van der Waals surface area contributed by atoms with Gasteiger partial charge in [0, 0.05) is 18.5 Å². The summed E-state index contributed by atoms with van der Waals surface area (Å²) in [7, 11) is 0. The molecule has 0 amide bonds. The predicted molar refractivity (Wildman–Crippen MR) is 89.1 cm³/mol. The smallest absolute Gasteiger partial charge is 0.117 e. The fraction of sp³-hybridized carbons (Fsp3) is 0.588. The average molecular weight is 306 g/mol. The van der Waals surface area contributed by atoms with E-state index in [1.54, 1.807) is 0 Å². The van der Waals surface area contributed by atoms with E-state index in [1.165, 1.54) is 18.7 Å². The van der Waals surface area contributed by atoms with E-state index in [2.05, 4.69) is 29.8 Å². The van der Waals surface area contributed by atoms with Crippen LogP contribution in [0.3, 0.4) is 0 Å². The highest BCUT2D eigenvalue weighted by molar-refractivity contribution is 6.35. The van der Waals surface area contributed by atoms with E-state index in [1.807, 2.05) is 12.1 Å². The van der Waals surface area contributed by atoms with Gasteiger partial charge in [0.05, 0.1) is 16.1 Å². The maximum Gasteiger partial charge on any atom is 0.117 e. The molecule has 1 aromatic heterocycles. The van der Waals surface area contributed by atoms with Crippen molar-refractivity contribution in [2.75, 3.05) is 13.1 Å². The molecule has 3 nitrogen and oxygen atoms in total. The summed E-state index contributed by atoms with van der Waals surface area (Å²) < 4.78 is 2.37. The Bertz CT molecular complexity index is 626. The SMILES string of the molecule is CCCn1c(C2(CC)CCCNC2)nc2cccc(Cl)c21. The van der Waals surface area contributed by atoms with Gasteiger partial charge in [0.2, 0.25) is 0 Å². The summed E-state index contributed by atoms with van der Waals surface area (Å²) in [6.45, 7) is 7.62. The molecule has 21 heavy (non-hydrogen) atoms. The van der Waals surface area contributed by atoms with Crippen molar-refractivity contribution in [3.05, 3.63) is 29.0 Å². The van der Waals surface area contributed by atoms with Crippen molar-refractivity contribution in [3.63, 3.8) is 0 Å². The molecule has 0 bridgehead atoms. The van der Waals surface area contributed by atoms with Crippen molar-refractivity contribution < 1.29 is 0 Å². The lowest BCUT2D eigenvalue weighted by atomic mass is 9.77. The first-order chi connectivity index (χ1) is 10.2. The van der Waals surface area contributed by atoms with Crippen LogP contribution in [0.2, 0.25) is 5.02 Å². The van der Waals surface area contributed by atoms with Gasteiger partial charge in [-0.25, -0.2) is 4.98 Å². The maximum atomic E-state index is 6.46. The van der Waals surface area contributed by atoms with Crippen molar-refractivity contribution in [1.29, 1.82) is 0 Å². The molecule has 2 aromatic rings. The van der Waals surface area contributed by atoms with Crippen molar-refractivity contribution in [2.45, 2.75) is 51.5 Å². The Hall–Kier alpha value is -1.06. The number of hydrogen-bond acceptors (Lipinski definition) is 2. The Morgan fingerprint density at radius 3 is 2.90 bits per heavy atom. The van der Waals surface area contributed by atoms with Crippen LogP contribution in [-0.2, 0) is 12.0 Å². The third-order valence-electron chi connectivity index (χ3n) is 4.79. The minimum Gasteiger partial charge on any atom is -0.326 e. The Balaban J connectivity index is 2.21. The summed E-state index contributed by atoms with van der Waals surface area (Å²) in [5.41, 5.74) is 2.29. The van der Waals surface area contributed by atoms with E-state index in [0.717, 1.165) is 48.5 Å². The number of piperidine rings is 1. The van der Waals surface area contributed by atoms with Gasteiger partial charge in [-0.3, -0.25) is 0 Å². The minimum atomic E-state index is 0.149. The van der Waals surface area contributed by atoms with E-state index in [9.17, 15) is 0 Å². The largest absolute Gasteiger partial charge is 0.326 e. The number of aromatic nitrogens is 2. The molecule has 1 saturated heterocycles. The number of nitrogens with one attached hydrogen (secondary N) is 1. The first kappa shape index (κ1) is 14.9. The third-order valence-corrected chi connectivity index (χ3v) is 5.09. The van der Waals surface area contributed by atoms with Crippen LogP contribution in [-0.4, -0.2) is 22.6 Å². The van der Waals surface area contributed by atoms with E-state index in [-0.39, 0.29) is 5.41 Å². The Morgan fingerprint density at radius 2 is 2.24 bits per heavy atom. The van der Waals surface area contributed by atoms with Crippen LogP contribution >= 0.6 is 11.6 Å². The fourth-order valence-corrected chi connectivity index (χ4v) is 3.88. The lowest BCUT2D eigenvalue weighted by molar-refractivity contribution is 0.279. The molecule has 1 fully saturated rings. The molecule has 2 heterocycles. The van der Waals surface area contributed by atoms with Crippen LogP contribution in [0.25, 0.3) is 11.0 Å². The zero-order valence-electron chi connectivity index (χ0n) is 13.0. The second-order valence-electron chi connectivity index (χ2n) is 6.11. The summed E-state index contributed by atoms with van der Waals surface area (Å²) >= 11 is 6.46. The highest BCUT2D eigenvalue weighted by Crippen LogP contribution is 2.37. The quantitative estimate of drug-likeness (QED) is 0.920. The van der Waals surface area contributed by atoms with Gasteiger partial charge in [-0.15, -0.1) is 0 Å². The van der Waals surface area contributed by atoms with E-state index < -0.39 is 0 Å². The lowest BCUT2D eigenvalue weighted by Gasteiger charge is -2.36. The molecular formula is C17H24ClN3. The zero-order chi connectivity index (χ0) is 14.9. The zero-order valence-corrected chi connectivity index (χ0v) is 13.7. The lowest BCUT2D eigenvalue weighted by Crippen LogP contribution is -2.44. The van der Waals surface area contributed by atoms with E-state index in [0.29, 0.717) is 0 Å². The molecule has 114 valence electrons. The molecule has 1 N–H and O–H groups in total. The molecule has 1 aliphatic heterocycles. The number of halogens is 1. The summed E-state index contributed by atoms with van der Waals surface area (Å²) in [4.78, 5) is 5.00. The van der Waals surface area contributed by atoms with Gasteiger partial charge in [0.25, 0.3) is 0 Å². The van der Waals surface area contributed by atoms with Gasteiger partial charge < -0.3 is 9.88 Å². The topological polar surface area (TPSA) is 29.9 Å². The monoisotopic (exact) mass is 305 g/mol. The average Bonchev–Trinajstić information content (AvgIpc) is 2.89. The third kappa shape index (κ3) is 2.47. The Labute approximate surface area is 131 Å². The van der Waals surface area contributed by atoms with E-state index in [4.69, 9.17) is 16.6 Å². The van der Waals surface area contributed by atoms with Crippen LogP contribution in [0, 0.1) is 0 Å². The molecule has 1 atom stereocenters. The van der Waals surface area contributed by atoms with Crippen molar-refractivity contribution in [2.24, 2.45) is 0 Å². The molecule has 0 radical (unpaired) electrons. The van der Waals surface area contributed by atoms with E-state index >= 15 is 0 Å². The first-order valence-electron chi connectivity index (χ1n) is 8.08. The number of benzene rings is 1. The van der Waals surface area contributed by atoms with Crippen molar-refractivity contribution >= 4 is 22.6 Å².